The van der Waals surface area contributed by atoms with Crippen LogP contribution in [0.25, 0.3) is 0 Å². The van der Waals surface area contributed by atoms with E-state index in [0.717, 1.165) is 76.3 Å². The first kappa shape index (κ1) is 26.3. The van der Waals surface area contributed by atoms with Gasteiger partial charge in [-0.1, -0.05) is 29.8 Å². The van der Waals surface area contributed by atoms with Gasteiger partial charge in [0.2, 0.25) is 11.9 Å². The molecule has 9 nitrogen and oxygen atoms in total. The summed E-state index contributed by atoms with van der Waals surface area (Å²) in [6.07, 6.45) is 12.3. The number of aryl methyl sites for hydroxylation is 1. The van der Waals surface area contributed by atoms with Crippen LogP contribution < -0.4 is 21.1 Å². The van der Waals surface area contributed by atoms with Crippen molar-refractivity contribution in [2.75, 3.05) is 44.0 Å². The number of ether oxygens (including phenoxy) is 2. The number of carbonyl (C=O) groups excluding carboxylic acids is 1. The van der Waals surface area contributed by atoms with Gasteiger partial charge in [0.1, 0.15) is 10.8 Å². The second-order valence-electron chi connectivity index (χ2n) is 11.3. The van der Waals surface area contributed by atoms with E-state index in [1.165, 1.54) is 11.1 Å². The highest BCUT2D eigenvalue weighted by atomic mass is 35.5. The van der Waals surface area contributed by atoms with Crippen molar-refractivity contribution in [1.82, 2.24) is 14.9 Å². The van der Waals surface area contributed by atoms with Gasteiger partial charge in [0.25, 0.3) is 0 Å². The standard InChI is InChI=1S/C29H37ClN6O3/c1-38-26-22-8-7-21(36-10-12-39-13-11-36)6-3-19(22)4-9-24(26)33-28-32-17-23(30)27(34-28)35-29(16-25(31)37)15-18-2-5-20(29)14-18/h2,4-5,9,17-18,20-21H,3,6-8,10-16H2,1H3,(H2,31,37)(H2,32,33,34,35)/t18-,20+,21+,29+/m1/s1. The molecule has 2 heterocycles. The van der Waals surface area contributed by atoms with E-state index in [1.54, 1.807) is 13.3 Å². The fourth-order valence-electron chi connectivity index (χ4n) is 7.12. The van der Waals surface area contributed by atoms with Gasteiger partial charge < -0.3 is 25.8 Å². The molecule has 3 aliphatic carbocycles. The highest BCUT2D eigenvalue weighted by Crippen LogP contribution is 2.50. The monoisotopic (exact) mass is 552 g/mol. The SMILES string of the molecule is COc1c(Nc2ncc(Cl)c(N[C@]3(CC(N)=O)C[C@@H]4C=C[C@H]3C4)n2)ccc2c1CC[C@@H](N1CCOCC1)CC2. The van der Waals surface area contributed by atoms with Crippen molar-refractivity contribution in [3.8, 4) is 5.75 Å². The quantitative estimate of drug-likeness (QED) is 0.331. The molecule has 0 radical (unpaired) electrons. The van der Waals surface area contributed by atoms with Crippen LogP contribution in [0, 0.1) is 11.8 Å². The van der Waals surface area contributed by atoms with Gasteiger partial charge in [-0.3, -0.25) is 9.69 Å². The Bertz CT molecular complexity index is 1270. The summed E-state index contributed by atoms with van der Waals surface area (Å²) in [5.74, 6) is 2.06. The topological polar surface area (TPSA) is 115 Å². The molecule has 1 aliphatic heterocycles. The second-order valence-corrected chi connectivity index (χ2v) is 11.7. The highest BCUT2D eigenvalue weighted by molar-refractivity contribution is 6.32. The maximum Gasteiger partial charge on any atom is 0.229 e. The van der Waals surface area contributed by atoms with Crippen LogP contribution >= 0.6 is 11.6 Å². The molecule has 2 bridgehead atoms. The molecule has 4 aliphatic rings. The molecule has 1 saturated heterocycles. The predicted molar refractivity (Wildman–Crippen MR) is 152 cm³/mol. The van der Waals surface area contributed by atoms with Crippen LogP contribution in [-0.2, 0) is 22.4 Å². The molecule has 1 aromatic heterocycles. The van der Waals surface area contributed by atoms with Gasteiger partial charge in [0.05, 0.1) is 44.2 Å². The number of nitrogens with two attached hydrogens (primary N) is 1. The minimum absolute atomic E-state index is 0.211. The minimum Gasteiger partial charge on any atom is -0.494 e. The fraction of sp³-hybridized carbons (Fsp3) is 0.552. The zero-order valence-electron chi connectivity index (χ0n) is 22.4. The first-order valence-corrected chi connectivity index (χ1v) is 14.4. The van der Waals surface area contributed by atoms with E-state index < -0.39 is 5.54 Å². The number of fused-ring (bicyclic) bond motifs is 3. The lowest BCUT2D eigenvalue weighted by atomic mass is 9.81. The number of rotatable bonds is 8. The predicted octanol–water partition coefficient (Wildman–Crippen LogP) is 4.08. The number of allylic oxidation sites excluding steroid dienone is 1. The molecule has 1 amide bonds. The van der Waals surface area contributed by atoms with Crippen molar-refractivity contribution in [2.24, 2.45) is 17.6 Å². The van der Waals surface area contributed by atoms with Crippen molar-refractivity contribution < 1.29 is 14.3 Å². The molecule has 208 valence electrons. The van der Waals surface area contributed by atoms with Crippen LogP contribution in [0.15, 0.2) is 30.5 Å². The van der Waals surface area contributed by atoms with Crippen LogP contribution in [0.4, 0.5) is 17.5 Å². The minimum atomic E-state index is -0.487. The molecule has 39 heavy (non-hydrogen) atoms. The Hall–Kier alpha value is -2.88. The summed E-state index contributed by atoms with van der Waals surface area (Å²) in [6, 6.07) is 4.80. The van der Waals surface area contributed by atoms with Crippen LogP contribution in [-0.4, -0.2) is 65.8 Å². The van der Waals surface area contributed by atoms with E-state index >= 15 is 0 Å². The smallest absolute Gasteiger partial charge is 0.229 e. The highest BCUT2D eigenvalue weighted by Gasteiger charge is 2.49. The van der Waals surface area contributed by atoms with Gasteiger partial charge in [-0.15, -0.1) is 0 Å². The van der Waals surface area contributed by atoms with Crippen LogP contribution in [0.1, 0.15) is 43.2 Å². The summed E-state index contributed by atoms with van der Waals surface area (Å²) in [6.45, 7) is 3.65. The molecular formula is C29H37ClN6O3. The third kappa shape index (κ3) is 5.32. The zero-order chi connectivity index (χ0) is 27.0. The van der Waals surface area contributed by atoms with Gasteiger partial charge in [-0.05, 0) is 61.6 Å². The maximum absolute atomic E-state index is 12.0. The summed E-state index contributed by atoms with van der Waals surface area (Å²) in [5.41, 5.74) is 8.58. The third-order valence-corrected chi connectivity index (χ3v) is 9.23. The lowest BCUT2D eigenvalue weighted by molar-refractivity contribution is -0.119. The molecule has 4 atom stereocenters. The van der Waals surface area contributed by atoms with Gasteiger partial charge in [-0.2, -0.15) is 4.98 Å². The number of methoxy groups -OCH3 is 1. The molecule has 0 unspecified atom stereocenters. The van der Waals surface area contributed by atoms with Crippen molar-refractivity contribution >= 4 is 35.0 Å². The molecule has 2 aromatic rings. The molecule has 10 heteroatoms. The molecule has 1 saturated carbocycles. The number of carbonyl (C=O) groups is 1. The lowest BCUT2D eigenvalue weighted by Gasteiger charge is -2.36. The van der Waals surface area contributed by atoms with E-state index in [-0.39, 0.29) is 18.2 Å². The molecule has 1 aromatic carbocycles. The number of morpholine rings is 1. The Morgan fingerprint density at radius 3 is 2.79 bits per heavy atom. The number of anilines is 3. The Morgan fingerprint density at radius 1 is 1.26 bits per heavy atom. The van der Waals surface area contributed by atoms with Crippen molar-refractivity contribution in [1.29, 1.82) is 0 Å². The Balaban J connectivity index is 1.22. The number of hydrogen-bond donors (Lipinski definition) is 3. The summed E-state index contributed by atoms with van der Waals surface area (Å²) in [7, 11) is 1.72. The summed E-state index contributed by atoms with van der Waals surface area (Å²) in [4.78, 5) is 23.8. The number of benzene rings is 1. The molecule has 2 fully saturated rings. The number of hydrogen-bond acceptors (Lipinski definition) is 8. The molecule has 6 rings (SSSR count). The van der Waals surface area contributed by atoms with E-state index in [4.69, 9.17) is 31.8 Å². The Morgan fingerprint density at radius 2 is 2.08 bits per heavy atom. The van der Waals surface area contributed by atoms with E-state index in [1.807, 2.05) is 6.07 Å². The number of aromatic nitrogens is 2. The van der Waals surface area contributed by atoms with E-state index in [0.29, 0.717) is 28.7 Å². The Kier molecular flexibility index (Phi) is 7.39. The Labute approximate surface area is 234 Å². The number of amides is 1. The maximum atomic E-state index is 12.0. The van der Waals surface area contributed by atoms with E-state index in [2.05, 4.69) is 38.7 Å². The van der Waals surface area contributed by atoms with E-state index in [9.17, 15) is 4.79 Å². The van der Waals surface area contributed by atoms with Crippen molar-refractivity contribution in [2.45, 2.75) is 56.5 Å². The van der Waals surface area contributed by atoms with Crippen molar-refractivity contribution in [3.63, 3.8) is 0 Å². The van der Waals surface area contributed by atoms with Gasteiger partial charge in [-0.25, -0.2) is 4.98 Å². The second kappa shape index (κ2) is 10.9. The van der Waals surface area contributed by atoms with Crippen LogP contribution in [0.3, 0.4) is 0 Å². The van der Waals surface area contributed by atoms with Gasteiger partial charge in [0, 0.05) is 25.0 Å². The van der Waals surface area contributed by atoms with Gasteiger partial charge >= 0.3 is 0 Å². The summed E-state index contributed by atoms with van der Waals surface area (Å²) < 4.78 is 11.5. The lowest BCUT2D eigenvalue weighted by Crippen LogP contribution is -2.46. The van der Waals surface area contributed by atoms with Gasteiger partial charge in [0.15, 0.2) is 5.82 Å². The van der Waals surface area contributed by atoms with Crippen LogP contribution in [0.2, 0.25) is 5.02 Å². The third-order valence-electron chi connectivity index (χ3n) is 8.95. The summed E-state index contributed by atoms with van der Waals surface area (Å²) in [5, 5.41) is 7.29. The molecule has 0 spiro atoms. The largest absolute Gasteiger partial charge is 0.494 e. The van der Waals surface area contributed by atoms with Crippen molar-refractivity contribution in [3.05, 3.63) is 46.6 Å². The normalized spacial score (nSPS) is 28.1. The fourth-order valence-corrected chi connectivity index (χ4v) is 7.26. The number of nitrogens with one attached hydrogen (secondary N) is 2. The number of halogens is 1. The zero-order valence-corrected chi connectivity index (χ0v) is 23.2. The number of nitrogens with zero attached hydrogens (tertiary/aromatic N) is 3. The summed E-state index contributed by atoms with van der Waals surface area (Å²) >= 11 is 6.54. The number of primary amides is 1. The van der Waals surface area contributed by atoms with Crippen LogP contribution in [0.5, 0.6) is 5.75 Å². The molecular weight excluding hydrogens is 516 g/mol. The average molecular weight is 553 g/mol. The average Bonchev–Trinajstić information content (AvgIpc) is 3.45. The molecule has 4 N–H and O–H groups in total. The first-order valence-electron chi connectivity index (χ1n) is 14.0. The first-order chi connectivity index (χ1) is 18.9.